The minimum Gasteiger partial charge on any atom is -0.460 e. The third-order valence-corrected chi connectivity index (χ3v) is 15.4. The molecule has 16 heteroatoms. The van der Waals surface area contributed by atoms with Crippen LogP contribution in [0, 0.1) is 16.7 Å². The predicted molar refractivity (Wildman–Crippen MR) is 290 cm³/mol. The first kappa shape index (κ1) is 53.9. The first-order valence-electron chi connectivity index (χ1n) is 25.6. The van der Waals surface area contributed by atoms with Crippen LogP contribution in [0.3, 0.4) is 0 Å². The van der Waals surface area contributed by atoms with Crippen molar-refractivity contribution in [2.75, 3.05) is 13.1 Å². The molecular weight excluding hydrogens is 973 g/mol. The number of nitrogens with one attached hydrogen (secondary N) is 4. The molecule has 0 fully saturated rings. The minimum absolute atomic E-state index is 0.119. The molecule has 0 unspecified atom stereocenters. The van der Waals surface area contributed by atoms with Gasteiger partial charge in [-0.1, -0.05) is 60.7 Å². The van der Waals surface area contributed by atoms with Crippen molar-refractivity contribution in [3.63, 3.8) is 0 Å². The van der Waals surface area contributed by atoms with E-state index in [9.17, 15) is 9.59 Å². The molecule has 0 saturated heterocycles. The number of amides is 4. The van der Waals surface area contributed by atoms with Crippen LogP contribution < -0.4 is 21.3 Å². The van der Waals surface area contributed by atoms with Crippen LogP contribution in [-0.2, 0) is 80.2 Å². The molecule has 74 heavy (non-hydrogen) atoms. The van der Waals surface area contributed by atoms with Gasteiger partial charge in [0.05, 0.1) is 50.3 Å². The second kappa shape index (κ2) is 21.8. The molecule has 0 aliphatic heterocycles. The fourth-order valence-corrected chi connectivity index (χ4v) is 12.3. The monoisotopic (exact) mass is 1040 g/mol. The van der Waals surface area contributed by atoms with Crippen LogP contribution in [0.5, 0.6) is 0 Å². The van der Waals surface area contributed by atoms with E-state index in [2.05, 4.69) is 33.4 Å². The van der Waals surface area contributed by atoms with Gasteiger partial charge in [-0.3, -0.25) is 14.4 Å². The average molecular weight is 1040 g/mol. The minimum atomic E-state index is -1.42. The lowest BCUT2D eigenvalue weighted by molar-refractivity contribution is -0.179. The Morgan fingerprint density at radius 2 is 0.892 bits per heavy atom. The van der Waals surface area contributed by atoms with Gasteiger partial charge in [-0.15, -0.1) is 22.7 Å². The maximum absolute atomic E-state index is 15.6. The first-order chi connectivity index (χ1) is 35.0. The molecule has 4 amide bonds. The van der Waals surface area contributed by atoms with Crippen molar-refractivity contribution in [2.45, 2.75) is 144 Å². The average Bonchev–Trinajstić information content (AvgIpc) is 4.11. The highest BCUT2D eigenvalue weighted by Gasteiger charge is 2.65. The maximum Gasteiger partial charge on any atom is 0.407 e. The molecule has 8 rings (SSSR count). The molecule has 0 atom stereocenters. The lowest BCUT2D eigenvalue weighted by Crippen LogP contribution is -2.61. The van der Waals surface area contributed by atoms with E-state index in [1.165, 1.54) is 22.7 Å². The molecule has 0 radical (unpaired) electrons. The van der Waals surface area contributed by atoms with Crippen LogP contribution in [0.15, 0.2) is 84.9 Å². The Morgan fingerprint density at radius 3 is 1.24 bits per heavy atom. The molecule has 2 heterocycles. The summed E-state index contributed by atoms with van der Waals surface area (Å²) in [6.45, 7) is 17.6. The molecule has 0 bridgehead atoms. The summed E-state index contributed by atoms with van der Waals surface area (Å²) in [4.78, 5) is 80.7. The van der Waals surface area contributed by atoms with Gasteiger partial charge in [0.15, 0.2) is 0 Å². The number of nitrogens with zero attached hydrogens (tertiary/aromatic N) is 2. The Morgan fingerprint density at radius 1 is 0.527 bits per heavy atom. The number of aryl methyl sites for hydroxylation is 2. The second-order valence-corrected chi connectivity index (χ2v) is 25.0. The van der Waals surface area contributed by atoms with Crippen LogP contribution in [-0.4, -0.2) is 69.8 Å². The lowest BCUT2D eigenvalue weighted by Gasteiger charge is -2.45. The summed E-state index contributed by atoms with van der Waals surface area (Å²) in [6.07, 6.45) is 2.97. The Balaban J connectivity index is 1.05. The Bertz CT molecular complexity index is 2810. The first-order valence-corrected chi connectivity index (χ1v) is 27.2. The molecule has 0 spiro atoms. The highest BCUT2D eigenvalue weighted by atomic mass is 32.1. The number of benzene rings is 4. The van der Waals surface area contributed by atoms with E-state index in [1.54, 1.807) is 0 Å². The number of aromatic nitrogens is 2. The summed E-state index contributed by atoms with van der Waals surface area (Å²) in [5, 5.41) is 13.6. The highest BCUT2D eigenvalue weighted by Crippen LogP contribution is 2.56. The van der Waals surface area contributed by atoms with Crippen molar-refractivity contribution in [3.05, 3.63) is 128 Å². The number of rotatable bonds is 17. The lowest BCUT2D eigenvalue weighted by atomic mass is 9.57. The van der Waals surface area contributed by atoms with Gasteiger partial charge in [0.25, 0.3) is 0 Å². The quantitative estimate of drug-likeness (QED) is 0.0389. The Kier molecular flexibility index (Phi) is 15.9. The standard InChI is InChI=1S/C58H70N6O8S2/c1-54(2,3)70-49(65)48(57(30-38-18-10-11-19-39(38)31-57)50(66)61-34-46-63-42-24-22-36(28-44(42)73-46)16-14-26-59-52(68)71-55(4,5)6)58(32-40-20-12-13-21-41(40)33-58)51(67)62-35-47-64-43-25-23-37(29-45(43)74-47)17-15-27-60-53(69)72-56(7,8)9/h10-13,18-25,28-29,48H,14-17,26-27,30-35H2,1-9H3,(H,59,68)(H,60,69)(H,61,66)(H,62,67). The molecule has 0 saturated carbocycles. The summed E-state index contributed by atoms with van der Waals surface area (Å²) in [5.41, 5.74) is 2.71. The topological polar surface area (TPSA) is 187 Å². The Labute approximate surface area is 442 Å². The number of fused-ring (bicyclic) bond motifs is 4. The summed E-state index contributed by atoms with van der Waals surface area (Å²) < 4.78 is 19.0. The fraction of sp³-hybridized carbons (Fsp3) is 0.466. The van der Waals surface area contributed by atoms with E-state index in [0.717, 1.165) is 79.5 Å². The zero-order chi connectivity index (χ0) is 53.1. The molecule has 2 aromatic heterocycles. The van der Waals surface area contributed by atoms with Gasteiger partial charge in [-0.2, -0.15) is 0 Å². The molecule has 14 nitrogen and oxygen atoms in total. The van der Waals surface area contributed by atoms with Crippen molar-refractivity contribution in [1.29, 1.82) is 0 Å². The molecule has 6 aromatic rings. The van der Waals surface area contributed by atoms with Crippen molar-refractivity contribution in [3.8, 4) is 0 Å². The fourth-order valence-electron chi connectivity index (χ4n) is 10.4. The van der Waals surface area contributed by atoms with Gasteiger partial charge in [-0.05, 0) is 171 Å². The van der Waals surface area contributed by atoms with E-state index in [4.69, 9.17) is 24.2 Å². The van der Waals surface area contributed by atoms with E-state index < -0.39 is 51.7 Å². The number of thiazole rings is 2. The number of carbonyl (C=O) groups excluding carboxylic acids is 5. The zero-order valence-corrected chi connectivity index (χ0v) is 45.8. The van der Waals surface area contributed by atoms with E-state index in [1.807, 2.05) is 135 Å². The van der Waals surface area contributed by atoms with E-state index >= 15 is 14.4 Å². The summed E-state index contributed by atoms with van der Waals surface area (Å²) in [7, 11) is 0. The van der Waals surface area contributed by atoms with Gasteiger partial charge in [0.2, 0.25) is 11.8 Å². The number of esters is 1. The van der Waals surface area contributed by atoms with Crippen LogP contribution in [0.1, 0.15) is 119 Å². The number of hydrogen-bond acceptors (Lipinski definition) is 12. The van der Waals surface area contributed by atoms with Crippen molar-refractivity contribution >= 4 is 73.1 Å². The van der Waals surface area contributed by atoms with Crippen LogP contribution >= 0.6 is 22.7 Å². The molecule has 392 valence electrons. The van der Waals surface area contributed by atoms with Crippen LogP contribution in [0.4, 0.5) is 9.59 Å². The largest absolute Gasteiger partial charge is 0.460 e. The van der Waals surface area contributed by atoms with E-state index in [-0.39, 0.29) is 50.6 Å². The second-order valence-electron chi connectivity index (χ2n) is 22.8. The molecule has 4 aromatic carbocycles. The van der Waals surface area contributed by atoms with E-state index in [0.29, 0.717) is 23.1 Å². The summed E-state index contributed by atoms with van der Waals surface area (Å²) in [6, 6.07) is 28.0. The third kappa shape index (κ3) is 13.1. The third-order valence-electron chi connectivity index (χ3n) is 13.3. The molecule has 4 N–H and O–H groups in total. The number of ether oxygens (including phenoxy) is 3. The zero-order valence-electron chi connectivity index (χ0n) is 44.1. The predicted octanol–water partition coefficient (Wildman–Crippen LogP) is 10.3. The highest BCUT2D eigenvalue weighted by molar-refractivity contribution is 7.18. The molecule has 2 aliphatic rings. The van der Waals surface area contributed by atoms with Gasteiger partial charge in [0, 0.05) is 13.1 Å². The van der Waals surface area contributed by atoms with Gasteiger partial charge in [0.1, 0.15) is 26.8 Å². The number of hydrogen-bond donors (Lipinski definition) is 4. The van der Waals surface area contributed by atoms with Gasteiger partial charge < -0.3 is 35.5 Å². The molecular formula is C58H70N6O8S2. The number of alkyl carbamates (subject to hydrolysis) is 2. The van der Waals surface area contributed by atoms with Crippen LogP contribution in [0.25, 0.3) is 20.4 Å². The summed E-state index contributed by atoms with van der Waals surface area (Å²) >= 11 is 2.99. The number of carbonyl (C=O) groups is 5. The molecule has 2 aliphatic carbocycles. The van der Waals surface area contributed by atoms with Gasteiger partial charge in [-0.25, -0.2) is 19.6 Å². The smallest absolute Gasteiger partial charge is 0.407 e. The SMILES string of the molecule is CC(C)(C)OC(=O)NCCCc1ccc2nc(CNC(=O)C3(C(C(=O)OC(C)(C)C)C4(C(=O)NCc5nc6ccc(CCCNC(=O)OC(C)(C)C)cc6s5)Cc5ccccc5C4)Cc4ccccc4C3)sc2c1. The van der Waals surface area contributed by atoms with Crippen LogP contribution in [0.2, 0.25) is 0 Å². The normalized spacial score (nSPS) is 14.8. The van der Waals surface area contributed by atoms with Gasteiger partial charge >= 0.3 is 18.2 Å². The van der Waals surface area contributed by atoms with Crippen molar-refractivity contribution in [2.24, 2.45) is 16.7 Å². The summed E-state index contributed by atoms with van der Waals surface area (Å²) in [5.74, 6) is -2.48. The Hall–Kier alpha value is -6.39. The maximum atomic E-state index is 15.6. The van der Waals surface area contributed by atoms with Crippen molar-refractivity contribution < 1.29 is 38.2 Å². The van der Waals surface area contributed by atoms with Crippen molar-refractivity contribution in [1.82, 2.24) is 31.2 Å².